The summed E-state index contributed by atoms with van der Waals surface area (Å²) in [5.41, 5.74) is 0.796. The predicted octanol–water partition coefficient (Wildman–Crippen LogP) is 7.16. The van der Waals surface area contributed by atoms with E-state index < -0.39 is 39.9 Å². The second kappa shape index (κ2) is 10.4. The standard InChI is InChI=1S/2C11H6F2N.2C5H5.Ti/c2*12-8-4-5-9(10(13)7-8)11-3-1-2-6-14-11;2*1-2-4-5-3-1;/h2*1-6H;2*1-3H,4H2;. The number of allylic oxidation sites excluding steroid dienone is 8. The number of nitrogens with zero attached hydrogens (tertiary/aromatic N) is 2. The number of hydrogen-bond donors (Lipinski definition) is 0. The van der Waals surface area contributed by atoms with Gasteiger partial charge in [-0.15, -0.1) is 0 Å². The van der Waals surface area contributed by atoms with E-state index in [0.29, 0.717) is 32.0 Å². The predicted molar refractivity (Wildman–Crippen MR) is 142 cm³/mol. The summed E-state index contributed by atoms with van der Waals surface area (Å²) in [4.78, 5) is 8.53. The number of aromatic nitrogens is 2. The van der Waals surface area contributed by atoms with Crippen molar-refractivity contribution < 1.29 is 34.2 Å². The van der Waals surface area contributed by atoms with Crippen LogP contribution in [-0.4, -0.2) is 9.97 Å². The summed E-state index contributed by atoms with van der Waals surface area (Å²) in [7, 11) is 0. The second-order valence-electron chi connectivity index (χ2n) is 9.40. The summed E-state index contributed by atoms with van der Waals surface area (Å²) in [5, 5.41) is 0. The van der Waals surface area contributed by atoms with Crippen LogP contribution in [-0.2, 0) is 16.6 Å². The Labute approximate surface area is 227 Å². The summed E-state index contributed by atoms with van der Waals surface area (Å²) < 4.78 is 66.7. The molecule has 0 N–H and O–H groups in total. The molecule has 7 heteroatoms. The first kappa shape index (κ1) is 25.4. The zero-order valence-electron chi connectivity index (χ0n) is 20.7. The van der Waals surface area contributed by atoms with Crippen molar-refractivity contribution in [3.63, 3.8) is 0 Å². The van der Waals surface area contributed by atoms with Crippen LogP contribution in [0.4, 0.5) is 17.6 Å². The van der Waals surface area contributed by atoms with Gasteiger partial charge in [-0.25, -0.2) is 0 Å². The van der Waals surface area contributed by atoms with Crippen LogP contribution in [0.5, 0.6) is 0 Å². The molecule has 0 fully saturated rings. The van der Waals surface area contributed by atoms with Crippen LogP contribution in [0.15, 0.2) is 117 Å². The van der Waals surface area contributed by atoms with Crippen LogP contribution in [0, 0.1) is 23.3 Å². The van der Waals surface area contributed by atoms with Crippen LogP contribution in [0.3, 0.4) is 0 Å². The van der Waals surface area contributed by atoms with Crippen molar-refractivity contribution in [2.45, 2.75) is 12.8 Å². The summed E-state index contributed by atoms with van der Waals surface area (Å²) in [6.07, 6.45) is 14.6. The molecule has 2 aliphatic rings. The zero-order valence-corrected chi connectivity index (χ0v) is 22.3. The molecule has 0 radical (unpaired) electrons. The van der Waals surface area contributed by atoms with E-state index in [1.165, 1.54) is 36.7 Å². The molecule has 0 bridgehead atoms. The van der Waals surface area contributed by atoms with Gasteiger partial charge in [-0.1, -0.05) is 0 Å². The fraction of sp³-hybridized carbons (Fsp3) is 0.0625. The zero-order chi connectivity index (χ0) is 27.0. The Kier molecular flexibility index (Phi) is 6.75. The molecule has 192 valence electrons. The quantitative estimate of drug-likeness (QED) is 0.186. The van der Waals surface area contributed by atoms with Crippen molar-refractivity contribution in [2.75, 3.05) is 0 Å². The van der Waals surface area contributed by atoms with Crippen LogP contribution < -0.4 is 7.74 Å². The van der Waals surface area contributed by atoms with E-state index in [1.807, 2.05) is 12.2 Å². The van der Waals surface area contributed by atoms with Crippen molar-refractivity contribution in [2.24, 2.45) is 0 Å². The molecule has 0 aliphatic heterocycles. The summed E-state index contributed by atoms with van der Waals surface area (Å²) in [5.74, 6) is -3.32. The molecule has 2 heterocycles. The summed E-state index contributed by atoms with van der Waals surface area (Å²) >= 11 is -4.93. The van der Waals surface area contributed by atoms with Gasteiger partial charge in [-0.3, -0.25) is 0 Å². The van der Waals surface area contributed by atoms with E-state index in [1.54, 1.807) is 60.7 Å². The van der Waals surface area contributed by atoms with Gasteiger partial charge in [-0.05, 0) is 0 Å². The number of rotatable bonds is 6. The summed E-state index contributed by atoms with van der Waals surface area (Å²) in [6, 6.07) is 15.1. The minimum atomic E-state index is -4.93. The van der Waals surface area contributed by atoms with Gasteiger partial charge in [0.15, 0.2) is 0 Å². The molecule has 2 aliphatic carbocycles. The molecule has 2 aromatic carbocycles. The first-order valence-electron chi connectivity index (χ1n) is 12.6. The van der Waals surface area contributed by atoms with Crippen LogP contribution in [0.1, 0.15) is 12.8 Å². The van der Waals surface area contributed by atoms with Gasteiger partial charge < -0.3 is 0 Å². The Morgan fingerprint density at radius 2 is 1.03 bits per heavy atom. The fourth-order valence-corrected chi connectivity index (χ4v) is 13.9. The van der Waals surface area contributed by atoms with Crippen LogP contribution in [0.25, 0.3) is 22.5 Å². The van der Waals surface area contributed by atoms with Crippen molar-refractivity contribution in [1.29, 1.82) is 0 Å². The van der Waals surface area contributed by atoms with Crippen molar-refractivity contribution >= 4 is 7.74 Å². The van der Waals surface area contributed by atoms with Crippen molar-refractivity contribution in [3.8, 4) is 22.5 Å². The average Bonchev–Trinajstić information content (AvgIpc) is 3.69. The number of pyridine rings is 2. The Bertz CT molecular complexity index is 1570. The molecule has 39 heavy (non-hydrogen) atoms. The number of hydrogen-bond acceptors (Lipinski definition) is 2. The Morgan fingerprint density at radius 1 is 0.564 bits per heavy atom. The van der Waals surface area contributed by atoms with Gasteiger partial charge in [0, 0.05) is 0 Å². The molecule has 0 amide bonds. The van der Waals surface area contributed by atoms with E-state index >= 15 is 17.6 Å². The number of benzene rings is 2. The van der Waals surface area contributed by atoms with Gasteiger partial charge in [0.2, 0.25) is 0 Å². The van der Waals surface area contributed by atoms with Crippen molar-refractivity contribution in [3.05, 3.63) is 141 Å². The van der Waals surface area contributed by atoms with E-state index in [2.05, 4.69) is 9.97 Å². The van der Waals surface area contributed by atoms with Crippen LogP contribution in [0.2, 0.25) is 0 Å². The molecule has 2 nitrogen and oxygen atoms in total. The molecule has 0 atom stereocenters. The Morgan fingerprint density at radius 3 is 1.38 bits per heavy atom. The van der Waals surface area contributed by atoms with Gasteiger partial charge in [0.25, 0.3) is 0 Å². The van der Waals surface area contributed by atoms with E-state index in [-0.39, 0.29) is 18.9 Å². The fourth-order valence-electron chi connectivity index (χ4n) is 5.66. The molecule has 0 unspecified atom stereocenters. The third kappa shape index (κ3) is 4.15. The average molecular weight is 558 g/mol. The van der Waals surface area contributed by atoms with E-state index in [0.717, 1.165) is 0 Å². The number of halogens is 4. The molecular formula is C32H22F4N2Ti. The van der Waals surface area contributed by atoms with Gasteiger partial charge >= 0.3 is 228 Å². The van der Waals surface area contributed by atoms with Crippen LogP contribution >= 0.6 is 0 Å². The third-order valence-electron chi connectivity index (χ3n) is 7.32. The molecular weight excluding hydrogens is 536 g/mol. The molecule has 2 aromatic heterocycles. The third-order valence-corrected chi connectivity index (χ3v) is 15.3. The maximum absolute atomic E-state index is 16.8. The maximum atomic E-state index is 16.8. The second-order valence-corrected chi connectivity index (χ2v) is 15.3. The molecule has 0 saturated heterocycles. The van der Waals surface area contributed by atoms with E-state index in [9.17, 15) is 0 Å². The topological polar surface area (TPSA) is 25.8 Å². The molecule has 0 spiro atoms. The minimum absolute atomic E-state index is 0.0850. The monoisotopic (exact) mass is 558 g/mol. The summed E-state index contributed by atoms with van der Waals surface area (Å²) in [6.45, 7) is 0. The Balaban J connectivity index is 1.75. The SMILES string of the molecule is Fc1ccc(-c2ccccn2)c(F)[c]1[Ti]([C]1=CC=CC1)([C]1=CC=CC1)[c]1c(F)ccc(-c2ccccn2)c1F. The van der Waals surface area contributed by atoms with Gasteiger partial charge in [0.1, 0.15) is 0 Å². The normalized spacial score (nSPS) is 14.6. The van der Waals surface area contributed by atoms with Gasteiger partial charge in [0.05, 0.1) is 0 Å². The molecule has 0 saturated carbocycles. The molecule has 4 aromatic rings. The first-order chi connectivity index (χ1) is 19.0. The Hall–Kier alpha value is -3.87. The first-order valence-corrected chi connectivity index (χ1v) is 15.7. The van der Waals surface area contributed by atoms with Crippen molar-refractivity contribution in [1.82, 2.24) is 9.97 Å². The van der Waals surface area contributed by atoms with Gasteiger partial charge in [-0.2, -0.15) is 0 Å². The molecule has 6 rings (SSSR count). The van der Waals surface area contributed by atoms with E-state index in [4.69, 9.17) is 0 Å².